The summed E-state index contributed by atoms with van der Waals surface area (Å²) in [6, 6.07) is 27.4. The molecule has 15 nitrogen and oxygen atoms in total. The Kier molecular flexibility index (Phi) is 17.5. The van der Waals surface area contributed by atoms with Gasteiger partial charge in [-0.25, -0.2) is 19.6 Å². The molecule has 68 heavy (non-hydrogen) atoms. The molecular formula is C49H56F3N8O7P. The maximum atomic E-state index is 13.0. The van der Waals surface area contributed by atoms with E-state index in [2.05, 4.69) is 65.2 Å². The molecule has 2 aromatic heterocycles. The van der Waals surface area contributed by atoms with Gasteiger partial charge >= 0.3 is 12.1 Å². The summed E-state index contributed by atoms with van der Waals surface area (Å²) in [6.07, 6.45) is -2.27. The standard InChI is InChI=1S/C49H56F3N8O7P/c1-33(2)60(34(3)4)68(65-27-13-25-53)67-41-28-43(59-29-35(14-12-26-54-47(61)49(50,51)52)44-45(57-32-58(5)6)55-31-56-46(44)59)66-42(41)30-64-48(36-15-10-9-11-16-36,37-17-21-39(62-7)22-18-37)38-19-23-40(63-8)24-20-38/h9-11,15-24,29,31-34,41-43H,13,26-28,30H2,1-8H3,(H,54,61)/b57-32+/t41-,42+,43+,68?/m0/s1. The molecule has 1 aliphatic heterocycles. The average Bonchev–Trinajstić information content (AvgIpc) is 3.91. The maximum absolute atomic E-state index is 13.0. The first kappa shape index (κ1) is 51.3. The van der Waals surface area contributed by atoms with E-state index in [9.17, 15) is 23.2 Å². The number of nitrogens with zero attached hydrogens (tertiary/aromatic N) is 7. The van der Waals surface area contributed by atoms with Crippen LogP contribution in [0.4, 0.5) is 19.0 Å². The number of fused-ring (bicyclic) bond motifs is 1. The lowest BCUT2D eigenvalue weighted by Gasteiger charge is -2.39. The monoisotopic (exact) mass is 956 g/mol. The van der Waals surface area contributed by atoms with Crippen LogP contribution in [0.15, 0.2) is 96.4 Å². The van der Waals surface area contributed by atoms with E-state index in [4.69, 9.17) is 28.0 Å². The van der Waals surface area contributed by atoms with Gasteiger partial charge in [-0.2, -0.15) is 18.4 Å². The van der Waals surface area contributed by atoms with E-state index < -0.39 is 51.2 Å². The fraction of sp³-hybridized carbons (Fsp3) is 0.408. The molecule has 1 unspecified atom stereocenters. The van der Waals surface area contributed by atoms with Crippen LogP contribution in [0.2, 0.25) is 0 Å². The molecule has 5 aromatic rings. The van der Waals surface area contributed by atoms with E-state index in [0.717, 1.165) is 16.7 Å². The van der Waals surface area contributed by atoms with Crippen molar-refractivity contribution in [3.63, 3.8) is 0 Å². The number of hydrogen-bond donors (Lipinski definition) is 1. The minimum absolute atomic E-state index is 0.000159. The summed E-state index contributed by atoms with van der Waals surface area (Å²) in [5.74, 6) is 5.02. The van der Waals surface area contributed by atoms with E-state index >= 15 is 0 Å². The molecule has 360 valence electrons. The van der Waals surface area contributed by atoms with Gasteiger partial charge in [-0.1, -0.05) is 66.4 Å². The number of rotatable bonds is 20. The van der Waals surface area contributed by atoms with Gasteiger partial charge in [-0.15, -0.1) is 0 Å². The zero-order chi connectivity index (χ0) is 49.0. The number of nitriles is 1. The zero-order valence-electron chi connectivity index (χ0n) is 39.2. The van der Waals surface area contributed by atoms with Gasteiger partial charge in [-0.3, -0.25) is 4.79 Å². The lowest BCUT2D eigenvalue weighted by molar-refractivity contribution is -0.173. The zero-order valence-corrected chi connectivity index (χ0v) is 40.1. The van der Waals surface area contributed by atoms with Gasteiger partial charge in [0.15, 0.2) is 5.82 Å². The van der Waals surface area contributed by atoms with Crippen LogP contribution in [-0.4, -0.2) is 115 Å². The Balaban J connectivity index is 1.48. The van der Waals surface area contributed by atoms with Crippen molar-refractivity contribution < 1.29 is 46.0 Å². The van der Waals surface area contributed by atoms with Crippen LogP contribution in [0.1, 0.15) is 69.0 Å². The van der Waals surface area contributed by atoms with Gasteiger partial charge in [0.1, 0.15) is 41.4 Å². The second-order valence-corrected chi connectivity index (χ2v) is 17.8. The number of alkyl halides is 3. The predicted molar refractivity (Wildman–Crippen MR) is 252 cm³/mol. The van der Waals surface area contributed by atoms with Crippen molar-refractivity contribution in [2.75, 3.05) is 48.1 Å². The van der Waals surface area contributed by atoms with Gasteiger partial charge in [0, 0.05) is 38.8 Å². The van der Waals surface area contributed by atoms with Crippen LogP contribution >= 0.6 is 8.53 Å². The quantitative estimate of drug-likeness (QED) is 0.0198. The fourth-order valence-corrected chi connectivity index (χ4v) is 9.60. The van der Waals surface area contributed by atoms with Crippen molar-refractivity contribution >= 4 is 37.6 Å². The van der Waals surface area contributed by atoms with Crippen molar-refractivity contribution in [2.24, 2.45) is 4.99 Å². The molecule has 1 saturated heterocycles. The topological polar surface area (TPSA) is 158 Å². The van der Waals surface area contributed by atoms with Crippen LogP contribution in [0.3, 0.4) is 0 Å². The number of hydrogen-bond acceptors (Lipinski definition) is 12. The lowest BCUT2D eigenvalue weighted by Crippen LogP contribution is -2.39. The Hall–Kier alpha value is -6.11. The highest BCUT2D eigenvalue weighted by atomic mass is 31.2. The first-order chi connectivity index (χ1) is 32.6. The molecule has 3 aromatic carbocycles. The smallest absolute Gasteiger partial charge is 0.471 e. The molecule has 0 spiro atoms. The largest absolute Gasteiger partial charge is 0.497 e. The Bertz CT molecular complexity index is 2520. The predicted octanol–water partition coefficient (Wildman–Crippen LogP) is 8.66. The number of nitrogens with one attached hydrogen (secondary N) is 1. The molecule has 1 amide bonds. The number of methoxy groups -OCH3 is 2. The molecule has 0 saturated carbocycles. The molecular weight excluding hydrogens is 901 g/mol. The number of aromatic nitrogens is 3. The molecule has 3 heterocycles. The van der Waals surface area contributed by atoms with Crippen molar-refractivity contribution in [3.05, 3.63) is 114 Å². The number of carbonyl (C=O) groups is 1. The molecule has 0 bridgehead atoms. The van der Waals surface area contributed by atoms with E-state index in [1.54, 1.807) is 55.6 Å². The van der Waals surface area contributed by atoms with Crippen molar-refractivity contribution in [2.45, 2.75) is 82.8 Å². The number of ether oxygens (including phenoxy) is 4. The third-order valence-electron chi connectivity index (χ3n) is 10.8. The number of amides is 1. The normalized spacial score (nSPS) is 16.8. The Labute approximate surface area is 396 Å². The van der Waals surface area contributed by atoms with E-state index in [0.29, 0.717) is 28.1 Å². The molecule has 0 radical (unpaired) electrons. The van der Waals surface area contributed by atoms with Crippen LogP contribution in [0.25, 0.3) is 11.0 Å². The van der Waals surface area contributed by atoms with Crippen molar-refractivity contribution in [1.29, 1.82) is 5.26 Å². The van der Waals surface area contributed by atoms with Crippen LogP contribution in [0, 0.1) is 23.2 Å². The SMILES string of the molecule is COc1ccc(C(OC[C@H]2O[C@@H](n3cc(C#CCNC(=O)C(F)(F)F)c4c(/N=C/N(C)C)ncnc43)C[C@@H]2OP(OCCC#N)N(C(C)C)C(C)C)(c2ccccc2)c2ccc(OC)cc2)cc1. The van der Waals surface area contributed by atoms with Crippen LogP contribution in [-0.2, 0) is 28.9 Å². The summed E-state index contributed by atoms with van der Waals surface area (Å²) in [4.78, 5) is 26.9. The van der Waals surface area contributed by atoms with Crippen molar-refractivity contribution in [1.82, 2.24) is 29.4 Å². The third-order valence-corrected chi connectivity index (χ3v) is 13.0. The van der Waals surface area contributed by atoms with Gasteiger partial charge in [-0.05, 0) is 68.7 Å². The van der Waals surface area contributed by atoms with Gasteiger partial charge in [0.2, 0.25) is 0 Å². The van der Waals surface area contributed by atoms with E-state index in [1.807, 2.05) is 78.9 Å². The minimum Gasteiger partial charge on any atom is -0.497 e. The molecule has 1 fully saturated rings. The summed E-state index contributed by atoms with van der Waals surface area (Å²) in [6.45, 7) is 7.76. The van der Waals surface area contributed by atoms with Gasteiger partial charge in [0.25, 0.3) is 8.53 Å². The first-order valence-corrected chi connectivity index (χ1v) is 23.0. The summed E-state index contributed by atoms with van der Waals surface area (Å²) in [5, 5.41) is 11.7. The molecule has 0 aliphatic carbocycles. The molecule has 4 atom stereocenters. The average molecular weight is 957 g/mol. The minimum atomic E-state index is -5.06. The molecule has 1 aliphatic rings. The highest BCUT2D eigenvalue weighted by molar-refractivity contribution is 7.44. The highest BCUT2D eigenvalue weighted by Gasteiger charge is 2.45. The first-order valence-electron chi connectivity index (χ1n) is 21.9. The summed E-state index contributed by atoms with van der Waals surface area (Å²) >= 11 is 0. The number of carbonyl (C=O) groups excluding carboxylic acids is 1. The van der Waals surface area contributed by atoms with Crippen LogP contribution < -0.4 is 14.8 Å². The number of aliphatic imine (C=N–C) groups is 1. The lowest BCUT2D eigenvalue weighted by atomic mass is 9.80. The number of benzene rings is 3. The van der Waals surface area contributed by atoms with Crippen molar-refractivity contribution in [3.8, 4) is 29.4 Å². The molecule has 19 heteroatoms. The molecule has 6 rings (SSSR count). The summed E-state index contributed by atoms with van der Waals surface area (Å²) in [5.41, 5.74) is 1.96. The second kappa shape index (κ2) is 23.3. The van der Waals surface area contributed by atoms with E-state index in [-0.39, 0.29) is 44.0 Å². The fourth-order valence-electron chi connectivity index (χ4n) is 7.84. The van der Waals surface area contributed by atoms with Gasteiger partial charge in [0.05, 0.1) is 69.9 Å². The Morgan fingerprint density at radius 2 is 1.59 bits per heavy atom. The maximum Gasteiger partial charge on any atom is 0.471 e. The van der Waals surface area contributed by atoms with E-state index in [1.165, 1.54) is 6.33 Å². The highest BCUT2D eigenvalue weighted by Crippen LogP contribution is 2.51. The summed E-state index contributed by atoms with van der Waals surface area (Å²) in [7, 11) is 5.03. The van der Waals surface area contributed by atoms with Crippen LogP contribution in [0.5, 0.6) is 11.5 Å². The summed E-state index contributed by atoms with van der Waals surface area (Å²) < 4.78 is 81.9. The Morgan fingerprint density at radius 1 is 0.971 bits per heavy atom. The molecule has 1 N–H and O–H groups in total. The number of halogens is 3. The second-order valence-electron chi connectivity index (χ2n) is 16.4. The Morgan fingerprint density at radius 3 is 2.15 bits per heavy atom. The third kappa shape index (κ3) is 12.1. The van der Waals surface area contributed by atoms with Gasteiger partial charge < -0.3 is 42.8 Å².